The molecule has 0 spiro atoms. The number of nitrogens with zero attached hydrogens (tertiary/aromatic N) is 6. The predicted molar refractivity (Wildman–Crippen MR) is 158 cm³/mol. The Balaban J connectivity index is 1.34. The minimum Gasteiger partial charge on any atom is -0.274 e. The monoisotopic (exact) mass is 546 g/mol. The van der Waals surface area contributed by atoms with Crippen molar-refractivity contribution in [3.8, 4) is 11.4 Å². The number of benzene rings is 4. The van der Waals surface area contributed by atoms with E-state index in [1.165, 1.54) is 11.1 Å². The van der Waals surface area contributed by atoms with E-state index in [0.717, 1.165) is 44.8 Å². The third-order valence-electron chi connectivity index (χ3n) is 6.17. The van der Waals surface area contributed by atoms with Crippen molar-refractivity contribution >= 4 is 23.5 Å². The Hall–Kier alpha value is -4.14. The number of thioether (sulfide) groups is 2. The van der Waals surface area contributed by atoms with Gasteiger partial charge in [0.1, 0.15) is 11.6 Å². The molecule has 4 aromatic carbocycles. The molecule has 2 aromatic heterocycles. The zero-order valence-electron chi connectivity index (χ0n) is 21.2. The Morgan fingerprint density at radius 2 is 0.795 bits per heavy atom. The maximum atomic E-state index is 4.64. The maximum absolute atomic E-state index is 4.64. The highest BCUT2D eigenvalue weighted by atomic mass is 32.2. The average molecular weight is 547 g/mol. The molecular formula is C31H26N6S2. The van der Waals surface area contributed by atoms with Crippen LogP contribution >= 0.6 is 23.5 Å². The summed E-state index contributed by atoms with van der Waals surface area (Å²) in [5, 5.41) is 20.2. The number of hydrogen-bond donors (Lipinski definition) is 0. The van der Waals surface area contributed by atoms with Gasteiger partial charge in [-0.15, -0.1) is 20.4 Å². The third kappa shape index (κ3) is 5.97. The lowest BCUT2D eigenvalue weighted by Gasteiger charge is -2.12. The lowest BCUT2D eigenvalue weighted by atomic mass is 10.2. The van der Waals surface area contributed by atoms with E-state index in [1.54, 1.807) is 23.5 Å². The average Bonchev–Trinajstić information content (AvgIpc) is 3.60. The summed E-state index contributed by atoms with van der Waals surface area (Å²) >= 11 is 3.36. The quantitative estimate of drug-likeness (QED) is 0.172. The molecular weight excluding hydrogens is 521 g/mol. The fourth-order valence-electron chi connectivity index (χ4n) is 4.28. The lowest BCUT2D eigenvalue weighted by Crippen LogP contribution is -2.08. The molecule has 0 aliphatic carbocycles. The molecule has 0 unspecified atom stereocenters. The van der Waals surface area contributed by atoms with Crippen molar-refractivity contribution in [1.29, 1.82) is 0 Å². The summed E-state index contributed by atoms with van der Waals surface area (Å²) in [6.45, 7) is 0. The molecule has 0 saturated heterocycles. The van der Waals surface area contributed by atoms with Crippen LogP contribution in [0.15, 0.2) is 132 Å². The molecule has 0 saturated carbocycles. The Morgan fingerprint density at radius 1 is 0.436 bits per heavy atom. The molecule has 0 radical (unpaired) electrons. The zero-order valence-corrected chi connectivity index (χ0v) is 22.8. The summed E-state index contributed by atoms with van der Waals surface area (Å²) in [4.78, 5) is 0. The van der Waals surface area contributed by atoms with Gasteiger partial charge < -0.3 is 0 Å². The van der Waals surface area contributed by atoms with Gasteiger partial charge in [-0.05, 0) is 35.4 Å². The van der Waals surface area contributed by atoms with Gasteiger partial charge in [-0.3, -0.25) is 9.13 Å². The van der Waals surface area contributed by atoms with Gasteiger partial charge in [-0.1, -0.05) is 121 Å². The highest BCUT2D eigenvalue weighted by Crippen LogP contribution is 2.29. The molecule has 0 N–H and O–H groups in total. The van der Waals surface area contributed by atoms with Gasteiger partial charge in [-0.2, -0.15) is 0 Å². The minimum absolute atomic E-state index is 0.488. The van der Waals surface area contributed by atoms with Gasteiger partial charge in [0.05, 0.1) is 6.42 Å². The van der Waals surface area contributed by atoms with E-state index in [4.69, 9.17) is 0 Å². The van der Waals surface area contributed by atoms with Crippen molar-refractivity contribution in [3.63, 3.8) is 0 Å². The first kappa shape index (κ1) is 25.2. The summed E-state index contributed by atoms with van der Waals surface area (Å²) in [6, 6.07) is 41.4. The Kier molecular flexibility index (Phi) is 7.84. The van der Waals surface area contributed by atoms with Crippen LogP contribution in [0.2, 0.25) is 0 Å². The molecule has 8 heteroatoms. The molecule has 2 heterocycles. The topological polar surface area (TPSA) is 61.4 Å². The van der Waals surface area contributed by atoms with E-state index < -0.39 is 0 Å². The fourth-order valence-corrected chi connectivity index (χ4v) is 6.13. The number of aromatic nitrogens is 6. The summed E-state index contributed by atoms with van der Waals surface area (Å²) in [5.41, 5.74) is 4.54. The second-order valence-electron chi connectivity index (χ2n) is 8.86. The number of para-hydroxylation sites is 2. The van der Waals surface area contributed by atoms with Crippen LogP contribution in [0.4, 0.5) is 0 Å². The van der Waals surface area contributed by atoms with Crippen LogP contribution in [0.25, 0.3) is 11.4 Å². The molecule has 6 aromatic rings. The van der Waals surface area contributed by atoms with Gasteiger partial charge >= 0.3 is 0 Å². The second-order valence-corrected chi connectivity index (χ2v) is 10.7. The zero-order chi connectivity index (χ0) is 26.3. The highest BCUT2D eigenvalue weighted by molar-refractivity contribution is 7.98. The fraction of sp³-hybridized carbons (Fsp3) is 0.0968. The largest absolute Gasteiger partial charge is 0.274 e. The van der Waals surface area contributed by atoms with Crippen molar-refractivity contribution in [2.24, 2.45) is 0 Å². The van der Waals surface area contributed by atoms with Crippen molar-refractivity contribution in [2.75, 3.05) is 0 Å². The highest BCUT2D eigenvalue weighted by Gasteiger charge is 2.20. The summed E-state index contributed by atoms with van der Waals surface area (Å²) < 4.78 is 4.27. The first-order valence-corrected chi connectivity index (χ1v) is 14.6. The van der Waals surface area contributed by atoms with E-state index in [9.17, 15) is 0 Å². The first-order chi connectivity index (χ1) is 19.3. The molecule has 0 amide bonds. The van der Waals surface area contributed by atoms with Crippen LogP contribution in [0.3, 0.4) is 0 Å². The van der Waals surface area contributed by atoms with Crippen LogP contribution < -0.4 is 0 Å². The molecule has 0 aliphatic heterocycles. The maximum Gasteiger partial charge on any atom is 0.196 e. The predicted octanol–water partition coefficient (Wildman–Crippen LogP) is 7.02. The number of rotatable bonds is 10. The molecule has 0 aliphatic rings. The van der Waals surface area contributed by atoms with Gasteiger partial charge in [-0.25, -0.2) is 0 Å². The van der Waals surface area contributed by atoms with Crippen molar-refractivity contribution in [1.82, 2.24) is 29.5 Å². The van der Waals surface area contributed by atoms with E-state index in [2.05, 4.69) is 102 Å². The van der Waals surface area contributed by atoms with Crippen LogP contribution in [0, 0.1) is 0 Å². The molecule has 0 bridgehead atoms. The number of hydrogen-bond acceptors (Lipinski definition) is 6. The van der Waals surface area contributed by atoms with Crippen molar-refractivity contribution in [2.45, 2.75) is 28.2 Å². The summed E-state index contributed by atoms with van der Waals surface area (Å²) in [7, 11) is 0. The smallest absolute Gasteiger partial charge is 0.196 e. The van der Waals surface area contributed by atoms with Gasteiger partial charge in [0.2, 0.25) is 0 Å². The van der Waals surface area contributed by atoms with Crippen LogP contribution in [-0.2, 0) is 17.9 Å². The normalized spacial score (nSPS) is 11.1. The minimum atomic E-state index is 0.488. The second kappa shape index (κ2) is 12.1. The molecule has 0 atom stereocenters. The van der Waals surface area contributed by atoms with Crippen LogP contribution in [0.1, 0.15) is 22.8 Å². The van der Waals surface area contributed by atoms with E-state index in [1.807, 2.05) is 48.5 Å². The Bertz CT molecular complexity index is 1490. The van der Waals surface area contributed by atoms with Gasteiger partial charge in [0, 0.05) is 22.9 Å². The Labute approximate surface area is 236 Å². The lowest BCUT2D eigenvalue weighted by molar-refractivity contribution is 0.791. The summed E-state index contributed by atoms with van der Waals surface area (Å²) in [6.07, 6.45) is 0.488. The van der Waals surface area contributed by atoms with Crippen LogP contribution in [0.5, 0.6) is 0 Å². The van der Waals surface area contributed by atoms with Crippen LogP contribution in [-0.4, -0.2) is 29.5 Å². The van der Waals surface area contributed by atoms with Gasteiger partial charge in [0.25, 0.3) is 0 Å². The molecule has 0 fully saturated rings. The van der Waals surface area contributed by atoms with E-state index >= 15 is 0 Å². The van der Waals surface area contributed by atoms with E-state index in [-0.39, 0.29) is 0 Å². The molecule has 6 rings (SSSR count). The standard InChI is InChI=1S/C31H26N6S2/c1-5-13-24(14-6-1)22-38-30-34-32-28(36(30)26-17-9-3-10-18-26)21-29-33-35-31(37(29)27-19-11-4-12-20-27)39-23-25-15-7-2-8-16-25/h1-20H,21-23H2. The summed E-state index contributed by atoms with van der Waals surface area (Å²) in [5.74, 6) is 3.26. The van der Waals surface area contributed by atoms with Crippen molar-refractivity contribution in [3.05, 3.63) is 144 Å². The molecule has 39 heavy (non-hydrogen) atoms. The molecule has 192 valence electrons. The van der Waals surface area contributed by atoms with Crippen molar-refractivity contribution < 1.29 is 0 Å². The third-order valence-corrected chi connectivity index (χ3v) is 8.17. The first-order valence-electron chi connectivity index (χ1n) is 12.7. The van der Waals surface area contributed by atoms with Gasteiger partial charge in [0.15, 0.2) is 10.3 Å². The Morgan fingerprint density at radius 3 is 1.18 bits per heavy atom. The SMILES string of the molecule is c1ccc(CSc2nnc(Cc3nnc(SCc4ccccc4)n3-c3ccccc3)n2-c2ccccc2)cc1. The van der Waals surface area contributed by atoms with E-state index in [0.29, 0.717) is 6.42 Å². The molecule has 6 nitrogen and oxygen atoms in total.